The molecule has 0 bridgehead atoms. The molecule has 2 atom stereocenters. The summed E-state index contributed by atoms with van der Waals surface area (Å²) in [6.45, 7) is 1.96. The highest BCUT2D eigenvalue weighted by molar-refractivity contribution is 5.93. The van der Waals surface area contributed by atoms with Gasteiger partial charge in [-0.3, -0.25) is 14.8 Å². The maximum atomic E-state index is 14.2. The Hall–Kier alpha value is -2.35. The highest BCUT2D eigenvalue weighted by Crippen LogP contribution is 2.40. The number of likely N-dealkylation sites (tertiary alicyclic amines) is 1. The van der Waals surface area contributed by atoms with Gasteiger partial charge in [0.2, 0.25) is 5.91 Å². The molecule has 1 amide bonds. The summed E-state index contributed by atoms with van der Waals surface area (Å²) in [5.41, 5.74) is 0.391. The Bertz CT molecular complexity index is 677. The van der Waals surface area contributed by atoms with Crippen LogP contribution in [0, 0.1) is 0 Å². The van der Waals surface area contributed by atoms with Crippen molar-refractivity contribution in [3.63, 3.8) is 0 Å². The first-order valence-electron chi connectivity index (χ1n) is 7.80. The van der Waals surface area contributed by atoms with Gasteiger partial charge in [0.1, 0.15) is 5.82 Å². The third kappa shape index (κ3) is 3.43. The summed E-state index contributed by atoms with van der Waals surface area (Å²) in [6, 6.07) is 6.22. The standard InChI is InChI=1S/C16H19F2N5O/c1-11(15(24)21-14-4-2-3-7-19-14)23-9-6-16(17,18)12(10-23)13-5-8-20-22-13/h2-5,7-8,11-12H,6,9-10H2,1H3,(H,20,22)(H,19,21,24)/t11-,12-/m0/s1. The number of hydrogen-bond donors (Lipinski definition) is 2. The highest BCUT2D eigenvalue weighted by Gasteiger charge is 2.47. The Balaban J connectivity index is 1.69. The predicted octanol–water partition coefficient (Wildman–Crippen LogP) is 2.26. The van der Waals surface area contributed by atoms with Crippen LogP contribution in [0.3, 0.4) is 0 Å². The summed E-state index contributed by atoms with van der Waals surface area (Å²) in [4.78, 5) is 18.2. The van der Waals surface area contributed by atoms with Crippen LogP contribution in [0.4, 0.5) is 14.6 Å². The van der Waals surface area contributed by atoms with Crippen molar-refractivity contribution in [3.05, 3.63) is 42.4 Å². The first-order valence-corrected chi connectivity index (χ1v) is 7.80. The van der Waals surface area contributed by atoms with Gasteiger partial charge in [-0.05, 0) is 25.1 Å². The Morgan fingerprint density at radius 3 is 2.92 bits per heavy atom. The van der Waals surface area contributed by atoms with Gasteiger partial charge in [-0.15, -0.1) is 0 Å². The number of H-pyrrole nitrogens is 1. The minimum absolute atomic E-state index is 0.0893. The number of aromatic nitrogens is 3. The molecule has 0 aromatic carbocycles. The molecule has 0 spiro atoms. The number of carbonyl (C=O) groups is 1. The number of amides is 1. The Morgan fingerprint density at radius 2 is 2.25 bits per heavy atom. The molecule has 0 unspecified atom stereocenters. The van der Waals surface area contributed by atoms with Crippen LogP contribution in [0.15, 0.2) is 36.7 Å². The van der Waals surface area contributed by atoms with E-state index in [1.165, 1.54) is 6.20 Å². The average molecular weight is 335 g/mol. The number of piperidine rings is 1. The molecule has 2 N–H and O–H groups in total. The molecular formula is C16H19F2N5O. The minimum Gasteiger partial charge on any atom is -0.309 e. The number of nitrogens with zero attached hydrogens (tertiary/aromatic N) is 3. The summed E-state index contributed by atoms with van der Waals surface area (Å²) >= 11 is 0. The lowest BCUT2D eigenvalue weighted by atomic mass is 9.90. The molecule has 1 saturated heterocycles. The van der Waals surface area contributed by atoms with Gasteiger partial charge in [-0.25, -0.2) is 13.8 Å². The molecular weight excluding hydrogens is 316 g/mol. The lowest BCUT2D eigenvalue weighted by Gasteiger charge is -2.40. The van der Waals surface area contributed by atoms with Gasteiger partial charge in [0.05, 0.1) is 12.0 Å². The van der Waals surface area contributed by atoms with Crippen molar-refractivity contribution < 1.29 is 13.6 Å². The topological polar surface area (TPSA) is 73.9 Å². The Kier molecular flexibility index (Phi) is 4.57. The number of carbonyl (C=O) groups excluding carboxylic acids is 1. The number of rotatable bonds is 4. The smallest absolute Gasteiger partial charge is 0.258 e. The van der Waals surface area contributed by atoms with Gasteiger partial charge in [-0.2, -0.15) is 5.10 Å². The van der Waals surface area contributed by atoms with Gasteiger partial charge in [0.25, 0.3) is 5.92 Å². The van der Waals surface area contributed by atoms with Gasteiger partial charge in [0.15, 0.2) is 0 Å². The zero-order valence-electron chi connectivity index (χ0n) is 13.2. The summed E-state index contributed by atoms with van der Waals surface area (Å²) in [5.74, 6) is -3.64. The number of halogens is 2. The van der Waals surface area contributed by atoms with E-state index >= 15 is 0 Å². The molecule has 0 radical (unpaired) electrons. The van der Waals surface area contributed by atoms with Crippen molar-refractivity contribution in [3.8, 4) is 0 Å². The molecule has 1 fully saturated rings. The van der Waals surface area contributed by atoms with Crippen molar-refractivity contribution in [1.29, 1.82) is 0 Å². The van der Waals surface area contributed by atoms with E-state index in [-0.39, 0.29) is 25.4 Å². The van der Waals surface area contributed by atoms with Crippen LogP contribution in [0.2, 0.25) is 0 Å². The summed E-state index contributed by atoms with van der Waals surface area (Å²) in [5, 5.41) is 9.09. The SMILES string of the molecule is C[C@@H](C(=O)Nc1ccccn1)N1CCC(F)(F)[C@H](c2ccn[nH]2)C1. The maximum Gasteiger partial charge on any atom is 0.258 e. The zero-order chi connectivity index (χ0) is 17.2. The van der Waals surface area contributed by atoms with Crippen LogP contribution in [0.25, 0.3) is 0 Å². The first kappa shape index (κ1) is 16.5. The predicted molar refractivity (Wildman–Crippen MR) is 84.8 cm³/mol. The lowest BCUT2D eigenvalue weighted by Crippen LogP contribution is -2.52. The second kappa shape index (κ2) is 6.64. The number of anilines is 1. The van der Waals surface area contributed by atoms with E-state index in [4.69, 9.17) is 0 Å². The Morgan fingerprint density at radius 1 is 1.42 bits per heavy atom. The number of aromatic amines is 1. The molecule has 128 valence electrons. The number of nitrogens with one attached hydrogen (secondary N) is 2. The van der Waals surface area contributed by atoms with Crippen LogP contribution in [0.1, 0.15) is 25.0 Å². The number of alkyl halides is 2. The molecule has 0 aliphatic carbocycles. The van der Waals surface area contributed by atoms with E-state index < -0.39 is 17.9 Å². The average Bonchev–Trinajstić information content (AvgIpc) is 3.09. The van der Waals surface area contributed by atoms with E-state index in [2.05, 4.69) is 20.5 Å². The summed E-state index contributed by atoms with van der Waals surface area (Å²) < 4.78 is 28.5. The third-order valence-electron chi connectivity index (χ3n) is 4.40. The van der Waals surface area contributed by atoms with Gasteiger partial charge in [0, 0.05) is 37.6 Å². The van der Waals surface area contributed by atoms with Crippen LogP contribution >= 0.6 is 0 Å². The highest BCUT2D eigenvalue weighted by atomic mass is 19.3. The maximum absolute atomic E-state index is 14.2. The largest absolute Gasteiger partial charge is 0.309 e. The fourth-order valence-corrected chi connectivity index (χ4v) is 2.90. The molecule has 0 saturated carbocycles. The first-order chi connectivity index (χ1) is 11.5. The van der Waals surface area contributed by atoms with Gasteiger partial charge < -0.3 is 5.32 Å². The molecule has 1 aliphatic rings. The van der Waals surface area contributed by atoms with Crippen molar-refractivity contribution in [2.75, 3.05) is 18.4 Å². The van der Waals surface area contributed by atoms with Gasteiger partial charge in [-0.1, -0.05) is 6.07 Å². The van der Waals surface area contributed by atoms with E-state index in [0.29, 0.717) is 11.5 Å². The monoisotopic (exact) mass is 335 g/mol. The number of hydrogen-bond acceptors (Lipinski definition) is 4. The van der Waals surface area contributed by atoms with E-state index in [1.54, 1.807) is 42.3 Å². The fraction of sp³-hybridized carbons (Fsp3) is 0.438. The van der Waals surface area contributed by atoms with E-state index in [9.17, 15) is 13.6 Å². The van der Waals surface area contributed by atoms with Crippen molar-refractivity contribution in [2.45, 2.75) is 31.2 Å². The summed E-state index contributed by atoms with van der Waals surface area (Å²) in [7, 11) is 0. The van der Waals surface area contributed by atoms with Crippen molar-refractivity contribution >= 4 is 11.7 Å². The minimum atomic E-state index is -2.82. The van der Waals surface area contributed by atoms with E-state index in [0.717, 1.165) is 0 Å². The van der Waals surface area contributed by atoms with Crippen LogP contribution in [0.5, 0.6) is 0 Å². The van der Waals surface area contributed by atoms with Crippen molar-refractivity contribution in [2.24, 2.45) is 0 Å². The molecule has 24 heavy (non-hydrogen) atoms. The quantitative estimate of drug-likeness (QED) is 0.899. The third-order valence-corrected chi connectivity index (χ3v) is 4.40. The summed E-state index contributed by atoms with van der Waals surface area (Å²) in [6.07, 6.45) is 2.75. The molecule has 2 aromatic heterocycles. The zero-order valence-corrected chi connectivity index (χ0v) is 13.2. The molecule has 2 aromatic rings. The van der Waals surface area contributed by atoms with Crippen LogP contribution in [-0.2, 0) is 4.79 Å². The molecule has 3 heterocycles. The van der Waals surface area contributed by atoms with E-state index in [1.807, 2.05) is 0 Å². The molecule has 6 nitrogen and oxygen atoms in total. The second-order valence-electron chi connectivity index (χ2n) is 5.95. The normalized spacial score (nSPS) is 22.0. The van der Waals surface area contributed by atoms with Crippen LogP contribution < -0.4 is 5.32 Å². The van der Waals surface area contributed by atoms with Gasteiger partial charge >= 0.3 is 0 Å². The second-order valence-corrected chi connectivity index (χ2v) is 5.95. The molecule has 1 aliphatic heterocycles. The van der Waals surface area contributed by atoms with Crippen molar-refractivity contribution in [1.82, 2.24) is 20.1 Å². The van der Waals surface area contributed by atoms with Crippen LogP contribution in [-0.4, -0.2) is 51.0 Å². The molecule has 3 rings (SSSR count). The molecule has 8 heteroatoms. The fourth-order valence-electron chi connectivity index (χ4n) is 2.90. The lowest BCUT2D eigenvalue weighted by molar-refractivity contribution is -0.125. The Labute approximate surface area is 138 Å². The number of pyridine rings is 1.